The van der Waals surface area contributed by atoms with E-state index < -0.39 is 12.2 Å². The van der Waals surface area contributed by atoms with Crippen LogP contribution in [0, 0.1) is 0 Å². The van der Waals surface area contributed by atoms with Crippen LogP contribution in [0.4, 0.5) is 0 Å². The van der Waals surface area contributed by atoms with Crippen molar-refractivity contribution in [2.45, 2.75) is 18.6 Å². The van der Waals surface area contributed by atoms with Gasteiger partial charge in [-0.15, -0.1) is 0 Å². The quantitative estimate of drug-likeness (QED) is 0.654. The zero-order chi connectivity index (χ0) is 10.6. The number of aliphatic hydroxyl groups is 2. The van der Waals surface area contributed by atoms with E-state index in [4.69, 9.17) is 11.6 Å². The number of aliphatic hydroxyl groups excluding tert-OH is 2. The van der Waals surface area contributed by atoms with Crippen molar-refractivity contribution in [1.29, 1.82) is 0 Å². The Balaban J connectivity index is 2.73. The zero-order valence-electron chi connectivity index (χ0n) is 7.40. The largest absolute Gasteiger partial charge is 0.390 e. The molecule has 0 aliphatic heterocycles. The average Bonchev–Trinajstić information content (AvgIpc) is 2.17. The SMILES string of the molecule is OC(CCBr)C(O)c1cccc(Cl)n1. The van der Waals surface area contributed by atoms with Crippen molar-refractivity contribution >= 4 is 27.5 Å². The molecule has 0 saturated heterocycles. The molecule has 2 atom stereocenters. The number of rotatable bonds is 4. The molecule has 0 amide bonds. The van der Waals surface area contributed by atoms with Crippen LogP contribution in [-0.2, 0) is 0 Å². The van der Waals surface area contributed by atoms with Gasteiger partial charge >= 0.3 is 0 Å². The minimum absolute atomic E-state index is 0.313. The molecule has 78 valence electrons. The molecule has 0 bridgehead atoms. The monoisotopic (exact) mass is 279 g/mol. The van der Waals surface area contributed by atoms with Crippen LogP contribution in [0.2, 0.25) is 5.15 Å². The van der Waals surface area contributed by atoms with Crippen LogP contribution < -0.4 is 0 Å². The standard InChI is InChI=1S/C9H11BrClNO2/c10-5-4-7(13)9(14)6-2-1-3-8(11)12-6/h1-3,7,9,13-14H,4-5H2. The molecule has 2 unspecified atom stereocenters. The summed E-state index contributed by atoms with van der Waals surface area (Å²) in [5, 5.41) is 20.1. The lowest BCUT2D eigenvalue weighted by Gasteiger charge is -2.16. The lowest BCUT2D eigenvalue weighted by Crippen LogP contribution is -2.19. The Labute approximate surface area is 95.9 Å². The van der Waals surface area contributed by atoms with Gasteiger partial charge in [0.1, 0.15) is 11.3 Å². The summed E-state index contributed by atoms with van der Waals surface area (Å²) in [6.45, 7) is 0. The molecule has 0 spiro atoms. The molecule has 1 aromatic rings. The summed E-state index contributed by atoms with van der Waals surface area (Å²) in [4.78, 5) is 3.92. The number of pyridine rings is 1. The summed E-state index contributed by atoms with van der Waals surface area (Å²) in [5.74, 6) is 0. The van der Waals surface area contributed by atoms with Gasteiger partial charge in [-0.05, 0) is 18.6 Å². The highest BCUT2D eigenvalue weighted by molar-refractivity contribution is 9.09. The molecule has 14 heavy (non-hydrogen) atoms. The Bertz CT molecular complexity index is 298. The second-order valence-corrected chi connectivity index (χ2v) is 4.06. The van der Waals surface area contributed by atoms with Crippen molar-refractivity contribution in [2.24, 2.45) is 0 Å². The van der Waals surface area contributed by atoms with Crippen molar-refractivity contribution in [3.63, 3.8) is 0 Å². The van der Waals surface area contributed by atoms with Gasteiger partial charge in [-0.25, -0.2) is 4.98 Å². The molecule has 0 saturated carbocycles. The van der Waals surface area contributed by atoms with Gasteiger partial charge < -0.3 is 10.2 Å². The van der Waals surface area contributed by atoms with Gasteiger partial charge in [0.15, 0.2) is 0 Å². The van der Waals surface area contributed by atoms with Gasteiger partial charge in [0, 0.05) is 5.33 Å². The van der Waals surface area contributed by atoms with Crippen LogP contribution in [-0.4, -0.2) is 26.6 Å². The molecule has 3 nitrogen and oxygen atoms in total. The second kappa shape index (κ2) is 5.66. The van der Waals surface area contributed by atoms with Gasteiger partial charge in [-0.3, -0.25) is 0 Å². The second-order valence-electron chi connectivity index (χ2n) is 2.88. The van der Waals surface area contributed by atoms with E-state index in [1.807, 2.05) is 0 Å². The molecule has 1 aromatic heterocycles. The Morgan fingerprint density at radius 1 is 1.43 bits per heavy atom. The maximum atomic E-state index is 9.65. The van der Waals surface area contributed by atoms with E-state index in [1.54, 1.807) is 18.2 Å². The number of hydrogen-bond donors (Lipinski definition) is 2. The van der Waals surface area contributed by atoms with Crippen LogP contribution >= 0.6 is 27.5 Å². The van der Waals surface area contributed by atoms with E-state index >= 15 is 0 Å². The first-order valence-electron chi connectivity index (χ1n) is 4.19. The van der Waals surface area contributed by atoms with Crippen molar-refractivity contribution in [2.75, 3.05) is 5.33 Å². The third-order valence-corrected chi connectivity index (χ3v) is 2.48. The first-order chi connectivity index (χ1) is 6.65. The molecule has 0 aromatic carbocycles. The van der Waals surface area contributed by atoms with Gasteiger partial charge in [0.25, 0.3) is 0 Å². The topological polar surface area (TPSA) is 53.4 Å². The molecule has 0 radical (unpaired) electrons. The summed E-state index contributed by atoms with van der Waals surface area (Å²) in [7, 11) is 0. The van der Waals surface area contributed by atoms with E-state index in [2.05, 4.69) is 20.9 Å². The van der Waals surface area contributed by atoms with Gasteiger partial charge in [0.2, 0.25) is 0 Å². The molecule has 5 heteroatoms. The minimum Gasteiger partial charge on any atom is -0.390 e. The van der Waals surface area contributed by atoms with Gasteiger partial charge in [-0.1, -0.05) is 33.6 Å². The molecule has 0 aliphatic carbocycles. The summed E-state index contributed by atoms with van der Waals surface area (Å²) >= 11 is 8.85. The first-order valence-corrected chi connectivity index (χ1v) is 5.69. The van der Waals surface area contributed by atoms with Gasteiger partial charge in [-0.2, -0.15) is 0 Å². The fourth-order valence-corrected chi connectivity index (χ4v) is 1.69. The lowest BCUT2D eigenvalue weighted by molar-refractivity contribution is 0.0148. The van der Waals surface area contributed by atoms with E-state index in [1.165, 1.54) is 0 Å². The molecule has 2 N–H and O–H groups in total. The number of hydrogen-bond acceptors (Lipinski definition) is 3. The van der Waals surface area contributed by atoms with Crippen molar-refractivity contribution in [1.82, 2.24) is 4.98 Å². The third kappa shape index (κ3) is 3.20. The molecule has 0 aliphatic rings. The summed E-state index contributed by atoms with van der Waals surface area (Å²) in [6.07, 6.45) is -1.33. The van der Waals surface area contributed by atoms with Crippen LogP contribution in [0.3, 0.4) is 0 Å². The normalized spacial score (nSPS) is 15.1. The molecule has 1 heterocycles. The van der Waals surface area contributed by atoms with E-state index in [0.717, 1.165) is 0 Å². The molecule has 0 fully saturated rings. The Hall–Kier alpha value is -0.160. The fourth-order valence-electron chi connectivity index (χ4n) is 1.06. The highest BCUT2D eigenvalue weighted by Gasteiger charge is 2.18. The number of alkyl halides is 1. The summed E-state index contributed by atoms with van der Waals surface area (Å²) in [6, 6.07) is 4.94. The molecular formula is C9H11BrClNO2. The molecular weight excluding hydrogens is 269 g/mol. The number of nitrogens with zero attached hydrogens (tertiary/aromatic N) is 1. The number of aromatic nitrogens is 1. The highest BCUT2D eigenvalue weighted by atomic mass is 79.9. The predicted molar refractivity (Wildman–Crippen MR) is 58.6 cm³/mol. The van der Waals surface area contributed by atoms with Crippen LogP contribution in [0.15, 0.2) is 18.2 Å². The minimum atomic E-state index is -0.980. The maximum absolute atomic E-state index is 9.65. The van der Waals surface area contributed by atoms with E-state index in [0.29, 0.717) is 22.6 Å². The third-order valence-electron chi connectivity index (χ3n) is 1.81. The first kappa shape index (κ1) is 11.9. The molecule has 1 rings (SSSR count). The van der Waals surface area contributed by atoms with Crippen LogP contribution in [0.25, 0.3) is 0 Å². The highest BCUT2D eigenvalue weighted by Crippen LogP contribution is 2.19. The van der Waals surface area contributed by atoms with E-state index in [-0.39, 0.29) is 0 Å². The fraction of sp³-hybridized carbons (Fsp3) is 0.444. The average molecular weight is 281 g/mol. The van der Waals surface area contributed by atoms with Crippen LogP contribution in [0.1, 0.15) is 18.2 Å². The predicted octanol–water partition coefficient (Wildman–Crippen LogP) is 1.91. The van der Waals surface area contributed by atoms with Gasteiger partial charge in [0.05, 0.1) is 11.8 Å². The van der Waals surface area contributed by atoms with Crippen molar-refractivity contribution < 1.29 is 10.2 Å². The Morgan fingerprint density at radius 2 is 2.14 bits per heavy atom. The van der Waals surface area contributed by atoms with Crippen LogP contribution in [0.5, 0.6) is 0 Å². The van der Waals surface area contributed by atoms with Crippen molar-refractivity contribution in [3.8, 4) is 0 Å². The smallest absolute Gasteiger partial charge is 0.129 e. The van der Waals surface area contributed by atoms with Crippen molar-refractivity contribution in [3.05, 3.63) is 29.0 Å². The zero-order valence-corrected chi connectivity index (χ0v) is 9.74. The maximum Gasteiger partial charge on any atom is 0.129 e. The number of halogens is 2. The Morgan fingerprint density at radius 3 is 2.71 bits per heavy atom. The van der Waals surface area contributed by atoms with E-state index in [9.17, 15) is 10.2 Å². The lowest BCUT2D eigenvalue weighted by atomic mass is 10.1. The summed E-state index contributed by atoms with van der Waals surface area (Å²) in [5.41, 5.74) is 0.394. The summed E-state index contributed by atoms with van der Waals surface area (Å²) < 4.78 is 0. The Kier molecular flexibility index (Phi) is 4.81.